The molecule has 1 fully saturated rings. The van der Waals surface area contributed by atoms with Gasteiger partial charge in [0, 0.05) is 37.4 Å². The van der Waals surface area contributed by atoms with E-state index in [2.05, 4.69) is 57.9 Å². The second-order valence-electron chi connectivity index (χ2n) is 10.2. The molecule has 0 aromatic carbocycles. The van der Waals surface area contributed by atoms with E-state index in [9.17, 15) is 5.26 Å². The van der Waals surface area contributed by atoms with Crippen LogP contribution in [0.25, 0.3) is 11.2 Å². The standard InChI is InChI=1S/C26H30N10O2/c1-26(2,3)21-11-22(34-36(21)16-5-9-37-10-6-16)32-25-33-24-23(35(25)4)17(12-27)20(15-31-24)38-19(13-28)18-14-29-7-8-30-18/h7-8,11,13-16,28,30H,5-6,9-10H2,1-4H3,(H,31,32,33,34)/p+1/b19-18+,28-13?. The largest absolute Gasteiger partial charge is 0.446 e. The Bertz CT molecular complexity index is 1510. The number of nitrogens with two attached hydrogens (primary N) is 1. The van der Waals surface area contributed by atoms with Gasteiger partial charge >= 0.3 is 0 Å². The SMILES string of the molecule is Cn1c(Nc2cc(C(C)(C)C)n(C3CCOCC3)n2)nc2ncc(O/C(C=N)=C3\C=NC=C[NH2+]3)c(C#N)c21. The van der Waals surface area contributed by atoms with E-state index >= 15 is 0 Å². The smallest absolute Gasteiger partial charge is 0.210 e. The molecule has 0 amide bonds. The third-order valence-electron chi connectivity index (χ3n) is 6.55. The van der Waals surface area contributed by atoms with E-state index in [0.717, 1.165) is 38.0 Å². The van der Waals surface area contributed by atoms with E-state index in [0.29, 0.717) is 28.6 Å². The number of nitriles is 1. The fourth-order valence-electron chi connectivity index (χ4n) is 4.59. The Kier molecular flexibility index (Phi) is 6.79. The first-order chi connectivity index (χ1) is 18.3. The Morgan fingerprint density at radius 3 is 2.79 bits per heavy atom. The molecule has 3 aromatic heterocycles. The van der Waals surface area contributed by atoms with Crippen molar-refractivity contribution in [3.05, 3.63) is 47.4 Å². The summed E-state index contributed by atoms with van der Waals surface area (Å²) in [6.07, 6.45) is 9.36. The van der Waals surface area contributed by atoms with Gasteiger partial charge in [0.1, 0.15) is 23.3 Å². The van der Waals surface area contributed by atoms with Gasteiger partial charge in [-0.15, -0.1) is 0 Å². The van der Waals surface area contributed by atoms with Crippen molar-refractivity contribution in [3.8, 4) is 11.8 Å². The number of pyridine rings is 1. The van der Waals surface area contributed by atoms with Gasteiger partial charge in [-0.2, -0.15) is 15.3 Å². The minimum absolute atomic E-state index is 0.100. The summed E-state index contributed by atoms with van der Waals surface area (Å²) < 4.78 is 15.4. The number of allylic oxidation sites excluding steroid dienone is 2. The third-order valence-corrected chi connectivity index (χ3v) is 6.55. The maximum atomic E-state index is 10.0. The number of hydrogen-bond acceptors (Lipinski definition) is 9. The number of ether oxygens (including phenoxy) is 2. The van der Waals surface area contributed by atoms with Crippen molar-refractivity contribution in [2.75, 3.05) is 18.5 Å². The molecule has 38 heavy (non-hydrogen) atoms. The summed E-state index contributed by atoms with van der Waals surface area (Å²) in [4.78, 5) is 13.1. The van der Waals surface area contributed by atoms with Crippen molar-refractivity contribution in [2.45, 2.75) is 45.1 Å². The molecule has 0 bridgehead atoms. The summed E-state index contributed by atoms with van der Waals surface area (Å²) in [5, 5.41) is 27.8. The van der Waals surface area contributed by atoms with E-state index in [1.54, 1.807) is 28.5 Å². The van der Waals surface area contributed by atoms with Crippen LogP contribution in [-0.4, -0.2) is 50.0 Å². The summed E-state index contributed by atoms with van der Waals surface area (Å²) in [5.41, 5.74) is 2.83. The number of aliphatic imine (C=N–C) groups is 1. The van der Waals surface area contributed by atoms with Gasteiger partial charge in [-0.1, -0.05) is 20.8 Å². The highest BCUT2D eigenvalue weighted by Crippen LogP contribution is 2.33. The average molecular weight is 516 g/mol. The van der Waals surface area contributed by atoms with E-state index < -0.39 is 0 Å². The van der Waals surface area contributed by atoms with Gasteiger partial charge in [0.2, 0.25) is 11.7 Å². The van der Waals surface area contributed by atoms with Gasteiger partial charge in [-0.05, 0) is 12.8 Å². The van der Waals surface area contributed by atoms with Crippen LogP contribution in [0.3, 0.4) is 0 Å². The average Bonchev–Trinajstić information content (AvgIpc) is 3.50. The summed E-state index contributed by atoms with van der Waals surface area (Å²) in [7, 11) is 1.81. The molecule has 2 aliphatic rings. The Morgan fingerprint density at radius 2 is 2.13 bits per heavy atom. The lowest BCUT2D eigenvalue weighted by molar-refractivity contribution is -0.528. The highest BCUT2D eigenvalue weighted by atomic mass is 16.5. The van der Waals surface area contributed by atoms with Gasteiger partial charge in [-0.25, -0.2) is 4.98 Å². The minimum Gasteiger partial charge on any atom is -0.446 e. The number of nitrogens with one attached hydrogen (secondary N) is 2. The number of fused-ring (bicyclic) bond motifs is 1. The normalized spacial score (nSPS) is 17.4. The first-order valence-electron chi connectivity index (χ1n) is 12.5. The Morgan fingerprint density at radius 1 is 1.34 bits per heavy atom. The second-order valence-corrected chi connectivity index (χ2v) is 10.2. The number of aromatic nitrogens is 5. The molecule has 0 saturated carbocycles. The zero-order valence-electron chi connectivity index (χ0n) is 21.9. The Balaban J connectivity index is 1.50. The zero-order valence-corrected chi connectivity index (χ0v) is 21.9. The van der Waals surface area contributed by atoms with Crippen LogP contribution < -0.4 is 15.4 Å². The number of rotatable bonds is 6. The molecule has 12 nitrogen and oxygen atoms in total. The van der Waals surface area contributed by atoms with Crippen molar-refractivity contribution in [2.24, 2.45) is 12.0 Å². The number of anilines is 2. The van der Waals surface area contributed by atoms with Crippen LogP contribution in [0.15, 0.2) is 41.1 Å². The quantitative estimate of drug-likeness (QED) is 0.337. The topological polar surface area (TPSA) is 156 Å². The number of nitrogens with zero attached hydrogens (tertiary/aromatic N) is 7. The highest BCUT2D eigenvalue weighted by molar-refractivity contribution is 5.88. The fraction of sp³-hybridized carbons (Fsp3) is 0.385. The predicted octanol–water partition coefficient (Wildman–Crippen LogP) is 2.79. The van der Waals surface area contributed by atoms with E-state index in [1.807, 2.05) is 7.05 Å². The molecule has 0 spiro atoms. The van der Waals surface area contributed by atoms with E-state index in [4.69, 9.17) is 20.0 Å². The molecular weight excluding hydrogens is 484 g/mol. The maximum Gasteiger partial charge on any atom is 0.210 e. The molecule has 5 heterocycles. The van der Waals surface area contributed by atoms with Crippen molar-refractivity contribution in [3.63, 3.8) is 0 Å². The molecule has 0 atom stereocenters. The lowest BCUT2D eigenvalue weighted by atomic mass is 9.91. The molecule has 12 heteroatoms. The minimum atomic E-state index is -0.100. The molecule has 0 aliphatic carbocycles. The molecule has 196 valence electrons. The summed E-state index contributed by atoms with van der Waals surface area (Å²) in [6, 6.07) is 4.56. The Labute approximate surface area is 220 Å². The monoisotopic (exact) mass is 515 g/mol. The fourth-order valence-corrected chi connectivity index (χ4v) is 4.59. The summed E-state index contributed by atoms with van der Waals surface area (Å²) in [5.74, 6) is 1.66. The molecular formula is C26H31N10O2+. The van der Waals surface area contributed by atoms with Crippen molar-refractivity contribution in [1.29, 1.82) is 10.7 Å². The van der Waals surface area contributed by atoms with Crippen LogP contribution in [-0.2, 0) is 17.2 Å². The van der Waals surface area contributed by atoms with Crippen LogP contribution in [0.1, 0.15) is 50.9 Å². The number of imidazole rings is 1. The van der Waals surface area contributed by atoms with Gasteiger partial charge < -0.3 is 24.8 Å². The van der Waals surface area contributed by atoms with Gasteiger partial charge in [-0.3, -0.25) is 15.0 Å². The van der Waals surface area contributed by atoms with E-state index in [-0.39, 0.29) is 28.5 Å². The van der Waals surface area contributed by atoms with Crippen LogP contribution in [0, 0.1) is 16.7 Å². The van der Waals surface area contributed by atoms with Gasteiger partial charge in [0.05, 0.1) is 30.9 Å². The molecule has 4 N–H and O–H groups in total. The summed E-state index contributed by atoms with van der Waals surface area (Å²) >= 11 is 0. The lowest BCUT2D eigenvalue weighted by Gasteiger charge is -2.28. The predicted molar refractivity (Wildman–Crippen MR) is 143 cm³/mol. The van der Waals surface area contributed by atoms with Gasteiger partial charge in [0.25, 0.3) is 0 Å². The molecule has 5 rings (SSSR count). The first-order valence-corrected chi connectivity index (χ1v) is 12.5. The Hall–Kier alpha value is -4.34. The van der Waals surface area contributed by atoms with Crippen molar-refractivity contribution < 1.29 is 14.8 Å². The highest BCUT2D eigenvalue weighted by Gasteiger charge is 2.27. The molecule has 3 aromatic rings. The number of hydrogen-bond donors (Lipinski definition) is 3. The van der Waals surface area contributed by atoms with Crippen LogP contribution in [0.5, 0.6) is 5.75 Å². The number of quaternary nitrogens is 1. The maximum absolute atomic E-state index is 10.0. The van der Waals surface area contributed by atoms with Crippen LogP contribution in [0.4, 0.5) is 11.8 Å². The molecule has 2 aliphatic heterocycles. The van der Waals surface area contributed by atoms with Crippen LogP contribution in [0.2, 0.25) is 0 Å². The lowest BCUT2D eigenvalue weighted by Crippen LogP contribution is -2.77. The number of aryl methyl sites for hydroxylation is 1. The van der Waals surface area contributed by atoms with Crippen molar-refractivity contribution >= 4 is 35.4 Å². The molecule has 0 unspecified atom stereocenters. The van der Waals surface area contributed by atoms with Crippen molar-refractivity contribution in [1.82, 2.24) is 24.3 Å². The summed E-state index contributed by atoms with van der Waals surface area (Å²) in [6.45, 7) is 7.98. The van der Waals surface area contributed by atoms with E-state index in [1.165, 1.54) is 6.20 Å². The first kappa shape index (κ1) is 25.3. The third kappa shape index (κ3) is 4.81. The zero-order chi connectivity index (χ0) is 26.9. The molecule has 1 saturated heterocycles. The van der Waals surface area contributed by atoms with Gasteiger partial charge in [0.15, 0.2) is 22.9 Å². The second kappa shape index (κ2) is 10.2. The molecule has 0 radical (unpaired) electrons. The van der Waals surface area contributed by atoms with Crippen LogP contribution >= 0.6 is 0 Å².